The molecule has 1 heterocycles. The maximum absolute atomic E-state index is 5.61. The molecule has 1 aliphatic heterocycles. The van der Waals surface area contributed by atoms with Crippen LogP contribution in [0.15, 0.2) is 0 Å². The topological polar surface area (TPSA) is 35.2 Å². The van der Waals surface area contributed by atoms with E-state index >= 15 is 0 Å². The fourth-order valence-electron chi connectivity index (χ4n) is 1.44. The normalized spacial score (nSPS) is 22.2. The molecule has 0 aromatic carbocycles. The molecule has 0 saturated carbocycles. The first-order valence-corrected chi connectivity index (χ1v) is 4.16. The van der Waals surface area contributed by atoms with Crippen molar-refractivity contribution in [1.29, 1.82) is 0 Å². The summed E-state index contributed by atoms with van der Waals surface area (Å²) < 4.78 is 5.11. The third-order valence-electron chi connectivity index (χ3n) is 2.29. The summed E-state index contributed by atoms with van der Waals surface area (Å²) in [6.45, 7) is 4.94. The Morgan fingerprint density at radius 1 is 1.60 bits per heavy atom. The molecule has 1 aliphatic rings. The maximum atomic E-state index is 5.61. The number of ether oxygens (including phenoxy) is 1. The van der Waals surface area contributed by atoms with Crippen LogP contribution < -0.4 is 5.73 Å². The Bertz CT molecular complexity index is 91.3. The summed E-state index contributed by atoms with van der Waals surface area (Å²) in [5, 5.41) is 0. The van der Waals surface area contributed by atoms with Crippen LogP contribution in [0, 0.1) is 11.8 Å². The maximum Gasteiger partial charge on any atom is 0.0519 e. The van der Waals surface area contributed by atoms with E-state index in [1.165, 1.54) is 12.8 Å². The van der Waals surface area contributed by atoms with Gasteiger partial charge in [-0.15, -0.1) is 0 Å². The minimum absolute atomic E-state index is 0.721. The fourth-order valence-corrected chi connectivity index (χ4v) is 1.44. The molecule has 0 spiro atoms. The molecule has 0 bridgehead atoms. The SMILES string of the molecule is CCCC(CN)C1COC1. The van der Waals surface area contributed by atoms with Crippen molar-refractivity contribution in [2.75, 3.05) is 19.8 Å². The van der Waals surface area contributed by atoms with Crippen LogP contribution in [0.25, 0.3) is 0 Å². The second kappa shape index (κ2) is 3.94. The first kappa shape index (κ1) is 8.02. The molecule has 0 aliphatic carbocycles. The second-order valence-electron chi connectivity index (χ2n) is 3.08. The van der Waals surface area contributed by atoms with E-state index in [4.69, 9.17) is 10.5 Å². The average Bonchev–Trinajstić information content (AvgIpc) is 1.83. The second-order valence-corrected chi connectivity index (χ2v) is 3.08. The highest BCUT2D eigenvalue weighted by molar-refractivity contribution is 4.75. The van der Waals surface area contributed by atoms with Gasteiger partial charge in [-0.25, -0.2) is 0 Å². The molecule has 2 nitrogen and oxygen atoms in total. The van der Waals surface area contributed by atoms with Crippen LogP contribution in [0.3, 0.4) is 0 Å². The van der Waals surface area contributed by atoms with E-state index in [9.17, 15) is 0 Å². The van der Waals surface area contributed by atoms with Crippen LogP contribution in [0.2, 0.25) is 0 Å². The van der Waals surface area contributed by atoms with Gasteiger partial charge in [-0.2, -0.15) is 0 Å². The predicted octanol–water partition coefficient (Wildman–Crippen LogP) is 1.01. The highest BCUT2D eigenvalue weighted by atomic mass is 16.5. The molecular formula is C8H17NO. The lowest BCUT2D eigenvalue weighted by molar-refractivity contribution is -0.0604. The zero-order chi connectivity index (χ0) is 7.40. The molecule has 1 unspecified atom stereocenters. The minimum Gasteiger partial charge on any atom is -0.381 e. The first-order chi connectivity index (χ1) is 4.88. The van der Waals surface area contributed by atoms with Gasteiger partial charge in [0.25, 0.3) is 0 Å². The standard InChI is InChI=1S/C8H17NO/c1-2-3-7(4-9)8-5-10-6-8/h7-8H,2-6,9H2,1H3. The van der Waals surface area contributed by atoms with Crippen LogP contribution in [0.1, 0.15) is 19.8 Å². The summed E-state index contributed by atoms with van der Waals surface area (Å²) in [5.74, 6) is 1.49. The van der Waals surface area contributed by atoms with Crippen molar-refractivity contribution in [3.05, 3.63) is 0 Å². The predicted molar refractivity (Wildman–Crippen MR) is 41.8 cm³/mol. The number of nitrogens with two attached hydrogens (primary N) is 1. The van der Waals surface area contributed by atoms with Gasteiger partial charge in [-0.1, -0.05) is 13.3 Å². The third-order valence-corrected chi connectivity index (χ3v) is 2.29. The average molecular weight is 143 g/mol. The zero-order valence-electron chi connectivity index (χ0n) is 6.68. The van der Waals surface area contributed by atoms with Gasteiger partial charge in [-0.3, -0.25) is 0 Å². The lowest BCUT2D eigenvalue weighted by atomic mass is 9.87. The van der Waals surface area contributed by atoms with E-state index in [-0.39, 0.29) is 0 Å². The Balaban J connectivity index is 2.17. The molecule has 0 amide bonds. The highest BCUT2D eigenvalue weighted by Crippen LogP contribution is 2.23. The van der Waals surface area contributed by atoms with Gasteiger partial charge in [-0.05, 0) is 18.9 Å². The van der Waals surface area contributed by atoms with Gasteiger partial charge in [0.1, 0.15) is 0 Å². The summed E-state index contributed by atoms with van der Waals surface area (Å²) in [7, 11) is 0. The van der Waals surface area contributed by atoms with Crippen molar-refractivity contribution >= 4 is 0 Å². The Morgan fingerprint density at radius 3 is 2.60 bits per heavy atom. The molecule has 1 rings (SSSR count). The molecule has 0 radical (unpaired) electrons. The van der Waals surface area contributed by atoms with Gasteiger partial charge >= 0.3 is 0 Å². The minimum atomic E-state index is 0.721. The summed E-state index contributed by atoms with van der Waals surface area (Å²) in [5.41, 5.74) is 5.61. The molecular weight excluding hydrogens is 126 g/mol. The first-order valence-electron chi connectivity index (χ1n) is 4.16. The monoisotopic (exact) mass is 143 g/mol. The van der Waals surface area contributed by atoms with Crippen LogP contribution >= 0.6 is 0 Å². The number of rotatable bonds is 4. The molecule has 1 fully saturated rings. The van der Waals surface area contributed by atoms with Crippen molar-refractivity contribution in [3.8, 4) is 0 Å². The van der Waals surface area contributed by atoms with Crippen LogP contribution in [0.4, 0.5) is 0 Å². The van der Waals surface area contributed by atoms with E-state index in [1.54, 1.807) is 0 Å². The van der Waals surface area contributed by atoms with Crippen molar-refractivity contribution < 1.29 is 4.74 Å². The number of hydrogen-bond donors (Lipinski definition) is 1. The van der Waals surface area contributed by atoms with Crippen molar-refractivity contribution in [2.24, 2.45) is 17.6 Å². The Kier molecular flexibility index (Phi) is 3.16. The molecule has 10 heavy (non-hydrogen) atoms. The van der Waals surface area contributed by atoms with Gasteiger partial charge < -0.3 is 10.5 Å². The molecule has 0 aromatic rings. The molecule has 0 aromatic heterocycles. The molecule has 1 saturated heterocycles. The van der Waals surface area contributed by atoms with Crippen molar-refractivity contribution in [2.45, 2.75) is 19.8 Å². The number of hydrogen-bond acceptors (Lipinski definition) is 2. The van der Waals surface area contributed by atoms with Gasteiger partial charge in [0.15, 0.2) is 0 Å². The van der Waals surface area contributed by atoms with Crippen molar-refractivity contribution in [1.82, 2.24) is 0 Å². The van der Waals surface area contributed by atoms with Crippen LogP contribution in [-0.4, -0.2) is 19.8 Å². The van der Waals surface area contributed by atoms with Crippen LogP contribution in [-0.2, 0) is 4.74 Å². The lowest BCUT2D eigenvalue weighted by Crippen LogP contribution is -2.37. The van der Waals surface area contributed by atoms with E-state index in [0.717, 1.165) is 31.6 Å². The molecule has 2 heteroatoms. The Hall–Kier alpha value is -0.0800. The zero-order valence-corrected chi connectivity index (χ0v) is 6.68. The van der Waals surface area contributed by atoms with Gasteiger partial charge in [0.2, 0.25) is 0 Å². The van der Waals surface area contributed by atoms with E-state index in [2.05, 4.69) is 6.92 Å². The lowest BCUT2D eigenvalue weighted by Gasteiger charge is -2.32. The summed E-state index contributed by atoms with van der Waals surface area (Å²) >= 11 is 0. The van der Waals surface area contributed by atoms with E-state index in [1.807, 2.05) is 0 Å². The van der Waals surface area contributed by atoms with Crippen LogP contribution in [0.5, 0.6) is 0 Å². The van der Waals surface area contributed by atoms with Gasteiger partial charge in [0, 0.05) is 5.92 Å². The molecule has 2 N–H and O–H groups in total. The quantitative estimate of drug-likeness (QED) is 0.637. The Labute approximate surface area is 62.7 Å². The van der Waals surface area contributed by atoms with Crippen molar-refractivity contribution in [3.63, 3.8) is 0 Å². The summed E-state index contributed by atoms with van der Waals surface area (Å²) in [6, 6.07) is 0. The smallest absolute Gasteiger partial charge is 0.0519 e. The van der Waals surface area contributed by atoms with E-state index < -0.39 is 0 Å². The van der Waals surface area contributed by atoms with Gasteiger partial charge in [0.05, 0.1) is 13.2 Å². The molecule has 1 atom stereocenters. The Morgan fingerprint density at radius 2 is 2.30 bits per heavy atom. The summed E-state index contributed by atoms with van der Waals surface area (Å²) in [6.07, 6.45) is 2.52. The summed E-state index contributed by atoms with van der Waals surface area (Å²) in [4.78, 5) is 0. The third kappa shape index (κ3) is 1.70. The fraction of sp³-hybridized carbons (Fsp3) is 1.00. The van der Waals surface area contributed by atoms with E-state index in [0.29, 0.717) is 0 Å². The largest absolute Gasteiger partial charge is 0.381 e. The molecule has 60 valence electrons. The highest BCUT2D eigenvalue weighted by Gasteiger charge is 2.26.